The van der Waals surface area contributed by atoms with Gasteiger partial charge in [-0.3, -0.25) is 4.79 Å². The summed E-state index contributed by atoms with van der Waals surface area (Å²) in [6.07, 6.45) is 0. The minimum atomic E-state index is -1.06. The Hall–Kier alpha value is -1.36. The average Bonchev–Trinajstić information content (AvgIpc) is 2.33. The van der Waals surface area contributed by atoms with Crippen LogP contribution >= 0.6 is 0 Å². The van der Waals surface area contributed by atoms with Gasteiger partial charge in [0.25, 0.3) is 0 Å². The van der Waals surface area contributed by atoms with Gasteiger partial charge in [0.1, 0.15) is 0 Å². The normalized spacial score (nSPS) is 14.1. The summed E-state index contributed by atoms with van der Waals surface area (Å²) in [6.45, 7) is 11.6. The number of carbonyl (C=O) groups is 2. The molecule has 0 saturated heterocycles. The number of rotatable bonds is 7. The minimum Gasteiger partial charge on any atom is -0.478 e. The molecule has 0 aliphatic rings. The lowest BCUT2D eigenvalue weighted by Crippen LogP contribution is -2.42. The number of nitrogens with one attached hydrogen (secondary N) is 1. The topological polar surface area (TPSA) is 69.6 Å². The molecule has 0 rings (SSSR count). The highest BCUT2D eigenvalue weighted by Gasteiger charge is 2.15. The lowest BCUT2D eigenvalue weighted by atomic mass is 10.1. The maximum absolute atomic E-state index is 11.8. The first-order chi connectivity index (χ1) is 8.33. The van der Waals surface area contributed by atoms with Crippen LogP contribution in [0.1, 0.15) is 34.6 Å². The van der Waals surface area contributed by atoms with Crippen LogP contribution in [0, 0.1) is 0 Å². The maximum atomic E-state index is 11.8. The smallest absolute Gasteiger partial charge is 0.331 e. The standard InChI is InChI=1S/C13H24N2O3/c1-6-15(7-2)8-9(3)14-12(16)10(4)11(5)13(17)18/h9H,6-8H2,1-5H3,(H,14,16)(H,17,18). The summed E-state index contributed by atoms with van der Waals surface area (Å²) in [4.78, 5) is 24.8. The van der Waals surface area contributed by atoms with Crippen molar-refractivity contribution >= 4 is 11.9 Å². The third-order valence-electron chi connectivity index (χ3n) is 3.03. The van der Waals surface area contributed by atoms with Crippen LogP contribution in [-0.2, 0) is 9.59 Å². The summed E-state index contributed by atoms with van der Waals surface area (Å²) >= 11 is 0. The Labute approximate surface area is 109 Å². The number of carboxylic acid groups (broad SMARTS) is 1. The van der Waals surface area contributed by atoms with Gasteiger partial charge in [-0.1, -0.05) is 13.8 Å². The van der Waals surface area contributed by atoms with Crippen LogP contribution in [0.4, 0.5) is 0 Å². The van der Waals surface area contributed by atoms with Gasteiger partial charge in [-0.25, -0.2) is 4.79 Å². The molecule has 0 fully saturated rings. The number of amides is 1. The monoisotopic (exact) mass is 256 g/mol. The van der Waals surface area contributed by atoms with Crippen LogP contribution in [0.3, 0.4) is 0 Å². The van der Waals surface area contributed by atoms with Gasteiger partial charge >= 0.3 is 5.97 Å². The van der Waals surface area contributed by atoms with Crippen LogP contribution in [0.25, 0.3) is 0 Å². The molecule has 104 valence electrons. The second-order valence-corrected chi connectivity index (χ2v) is 4.42. The molecule has 2 N–H and O–H groups in total. The van der Waals surface area contributed by atoms with E-state index in [2.05, 4.69) is 24.1 Å². The predicted octanol–water partition coefficient (Wildman–Crippen LogP) is 1.25. The van der Waals surface area contributed by atoms with E-state index in [0.29, 0.717) is 0 Å². The van der Waals surface area contributed by atoms with Crippen LogP contribution in [-0.4, -0.2) is 47.6 Å². The number of aliphatic carboxylic acids is 1. The van der Waals surface area contributed by atoms with Gasteiger partial charge in [-0.15, -0.1) is 0 Å². The fourth-order valence-electron chi connectivity index (χ4n) is 1.58. The van der Waals surface area contributed by atoms with Gasteiger partial charge in [0, 0.05) is 23.7 Å². The summed E-state index contributed by atoms with van der Waals surface area (Å²) in [7, 11) is 0. The average molecular weight is 256 g/mol. The van der Waals surface area contributed by atoms with E-state index in [1.165, 1.54) is 13.8 Å². The summed E-state index contributed by atoms with van der Waals surface area (Å²) < 4.78 is 0. The Kier molecular flexibility index (Phi) is 7.27. The molecule has 0 aromatic heterocycles. The first kappa shape index (κ1) is 16.6. The first-order valence-corrected chi connectivity index (χ1v) is 6.27. The zero-order valence-corrected chi connectivity index (χ0v) is 11.9. The van der Waals surface area contributed by atoms with Gasteiger partial charge in [0.05, 0.1) is 0 Å². The molecule has 0 heterocycles. The second kappa shape index (κ2) is 7.87. The van der Waals surface area contributed by atoms with Gasteiger partial charge in [-0.2, -0.15) is 0 Å². The number of hydrogen-bond donors (Lipinski definition) is 2. The van der Waals surface area contributed by atoms with E-state index in [1.54, 1.807) is 0 Å². The predicted molar refractivity (Wildman–Crippen MR) is 71.4 cm³/mol. The number of nitrogens with zero attached hydrogens (tertiary/aromatic N) is 1. The quantitative estimate of drug-likeness (QED) is 0.673. The summed E-state index contributed by atoms with van der Waals surface area (Å²) in [5.74, 6) is -1.37. The third-order valence-corrected chi connectivity index (χ3v) is 3.03. The lowest BCUT2D eigenvalue weighted by Gasteiger charge is -2.23. The van der Waals surface area contributed by atoms with E-state index < -0.39 is 5.97 Å². The Bertz CT molecular complexity index is 333. The largest absolute Gasteiger partial charge is 0.478 e. The van der Waals surface area contributed by atoms with Crippen LogP contribution < -0.4 is 5.32 Å². The van der Waals surface area contributed by atoms with Crippen molar-refractivity contribution in [2.75, 3.05) is 19.6 Å². The first-order valence-electron chi connectivity index (χ1n) is 6.27. The number of carboxylic acids is 1. The van der Waals surface area contributed by atoms with Crippen LogP contribution in [0.15, 0.2) is 11.1 Å². The molecule has 0 spiro atoms. The Balaban J connectivity index is 4.49. The fourth-order valence-corrected chi connectivity index (χ4v) is 1.58. The van der Waals surface area contributed by atoms with Crippen molar-refractivity contribution in [3.8, 4) is 0 Å². The third kappa shape index (κ3) is 5.31. The van der Waals surface area contributed by atoms with Gasteiger partial charge in [0.2, 0.25) is 5.91 Å². The number of likely N-dealkylation sites (N-methyl/N-ethyl adjacent to an activating group) is 1. The zero-order chi connectivity index (χ0) is 14.3. The summed E-state index contributed by atoms with van der Waals surface area (Å²) in [6, 6.07) is -0.00561. The Morgan fingerprint density at radius 1 is 1.17 bits per heavy atom. The molecule has 1 unspecified atom stereocenters. The molecule has 1 amide bonds. The number of hydrogen-bond acceptors (Lipinski definition) is 3. The zero-order valence-electron chi connectivity index (χ0n) is 11.9. The van der Waals surface area contributed by atoms with Gasteiger partial charge < -0.3 is 15.3 Å². The van der Waals surface area contributed by atoms with Crippen molar-refractivity contribution in [3.05, 3.63) is 11.1 Å². The highest BCUT2D eigenvalue weighted by molar-refractivity contribution is 6.01. The molecule has 1 atom stereocenters. The lowest BCUT2D eigenvalue weighted by molar-refractivity contribution is -0.133. The molecule has 0 radical (unpaired) electrons. The van der Waals surface area contributed by atoms with Gasteiger partial charge in [-0.05, 0) is 33.9 Å². The van der Waals surface area contributed by atoms with Crippen molar-refractivity contribution < 1.29 is 14.7 Å². The van der Waals surface area contributed by atoms with E-state index in [4.69, 9.17) is 5.11 Å². The van der Waals surface area contributed by atoms with E-state index in [0.717, 1.165) is 19.6 Å². The Morgan fingerprint density at radius 2 is 1.67 bits per heavy atom. The second-order valence-electron chi connectivity index (χ2n) is 4.42. The molecule has 0 aliphatic carbocycles. The molecule has 18 heavy (non-hydrogen) atoms. The van der Waals surface area contributed by atoms with E-state index >= 15 is 0 Å². The SMILES string of the molecule is CCN(CC)CC(C)NC(=O)C(C)=C(C)C(=O)O. The van der Waals surface area contributed by atoms with E-state index in [9.17, 15) is 9.59 Å². The molecule has 5 heteroatoms. The Morgan fingerprint density at radius 3 is 2.06 bits per heavy atom. The maximum Gasteiger partial charge on any atom is 0.331 e. The highest BCUT2D eigenvalue weighted by Crippen LogP contribution is 2.04. The molecular weight excluding hydrogens is 232 g/mol. The van der Waals surface area contributed by atoms with E-state index in [-0.39, 0.29) is 23.1 Å². The minimum absolute atomic E-state index is 0.00561. The molecular formula is C13H24N2O3. The molecule has 0 saturated carbocycles. The molecule has 5 nitrogen and oxygen atoms in total. The number of carbonyl (C=O) groups excluding carboxylic acids is 1. The van der Waals surface area contributed by atoms with Crippen molar-refractivity contribution in [2.24, 2.45) is 0 Å². The van der Waals surface area contributed by atoms with Crippen molar-refractivity contribution in [3.63, 3.8) is 0 Å². The molecule has 0 aromatic rings. The van der Waals surface area contributed by atoms with Crippen LogP contribution in [0.5, 0.6) is 0 Å². The van der Waals surface area contributed by atoms with Crippen LogP contribution in [0.2, 0.25) is 0 Å². The molecule has 0 bridgehead atoms. The fraction of sp³-hybridized carbons (Fsp3) is 0.692. The summed E-state index contributed by atoms with van der Waals surface area (Å²) in [5, 5.41) is 11.6. The van der Waals surface area contributed by atoms with Crippen molar-refractivity contribution in [1.82, 2.24) is 10.2 Å². The van der Waals surface area contributed by atoms with Gasteiger partial charge in [0.15, 0.2) is 0 Å². The molecule has 0 aliphatic heterocycles. The highest BCUT2D eigenvalue weighted by atomic mass is 16.4. The molecule has 0 aromatic carbocycles. The van der Waals surface area contributed by atoms with Crippen molar-refractivity contribution in [2.45, 2.75) is 40.7 Å². The summed E-state index contributed by atoms with van der Waals surface area (Å²) in [5.41, 5.74) is 0.344. The van der Waals surface area contributed by atoms with E-state index in [1.807, 2.05) is 6.92 Å². The van der Waals surface area contributed by atoms with Crippen molar-refractivity contribution in [1.29, 1.82) is 0 Å².